The number of likely N-dealkylation sites (tertiary alicyclic amines) is 1. The van der Waals surface area contributed by atoms with Gasteiger partial charge in [0.25, 0.3) is 0 Å². The Morgan fingerprint density at radius 2 is 2.12 bits per heavy atom. The first-order chi connectivity index (χ1) is 11.7. The first kappa shape index (κ1) is 15.4. The van der Waals surface area contributed by atoms with Gasteiger partial charge in [0.05, 0.1) is 18.3 Å². The van der Waals surface area contributed by atoms with E-state index in [0.29, 0.717) is 24.7 Å². The highest BCUT2D eigenvalue weighted by Crippen LogP contribution is 2.41. The lowest BCUT2D eigenvalue weighted by molar-refractivity contribution is -0.130. The molecule has 1 saturated heterocycles. The number of amides is 1. The number of aliphatic hydroxyl groups excluding tert-OH is 1. The van der Waals surface area contributed by atoms with E-state index in [1.54, 1.807) is 18.5 Å². The molecule has 7 nitrogen and oxygen atoms in total. The van der Waals surface area contributed by atoms with Gasteiger partial charge in [-0.2, -0.15) is 5.10 Å². The number of carbonyl (C=O) groups is 1. The first-order valence-electron chi connectivity index (χ1n) is 8.55. The quantitative estimate of drug-likeness (QED) is 0.913. The van der Waals surface area contributed by atoms with Crippen molar-refractivity contribution in [2.45, 2.75) is 37.8 Å². The Balaban J connectivity index is 1.36. The molecular weight excluding hydrogens is 308 g/mol. The summed E-state index contributed by atoms with van der Waals surface area (Å²) in [4.78, 5) is 14.4. The van der Waals surface area contributed by atoms with E-state index in [1.165, 1.54) is 0 Å². The van der Waals surface area contributed by atoms with Gasteiger partial charge in [-0.3, -0.25) is 9.48 Å². The van der Waals surface area contributed by atoms with Crippen LogP contribution in [0.2, 0.25) is 0 Å². The number of aromatic nitrogens is 3. The Kier molecular flexibility index (Phi) is 4.10. The summed E-state index contributed by atoms with van der Waals surface area (Å²) in [6.07, 6.45) is 7.50. The van der Waals surface area contributed by atoms with E-state index >= 15 is 0 Å². The zero-order valence-electron chi connectivity index (χ0n) is 13.5. The molecule has 2 aliphatic rings. The molecule has 2 fully saturated rings. The van der Waals surface area contributed by atoms with Crippen LogP contribution in [0.15, 0.2) is 35.2 Å². The van der Waals surface area contributed by atoms with E-state index in [9.17, 15) is 9.90 Å². The number of hydrogen-bond acceptors (Lipinski definition) is 5. The minimum atomic E-state index is -0.393. The zero-order valence-corrected chi connectivity index (χ0v) is 13.5. The number of fused-ring (bicyclic) bond motifs is 1. The second-order valence-electron chi connectivity index (χ2n) is 6.89. The molecule has 2 aromatic rings. The van der Waals surface area contributed by atoms with Crippen LogP contribution in [0, 0.1) is 11.8 Å². The molecule has 0 bridgehead atoms. The predicted octanol–water partition coefficient (Wildman–Crippen LogP) is 1.27. The molecule has 7 heteroatoms. The van der Waals surface area contributed by atoms with Gasteiger partial charge in [-0.05, 0) is 30.7 Å². The van der Waals surface area contributed by atoms with Gasteiger partial charge in [-0.15, -0.1) is 0 Å². The fraction of sp³-hybridized carbons (Fsp3) is 0.588. The lowest BCUT2D eigenvalue weighted by Gasteiger charge is -2.35. The van der Waals surface area contributed by atoms with Gasteiger partial charge in [0.15, 0.2) is 0 Å². The Morgan fingerprint density at radius 1 is 1.29 bits per heavy atom. The number of nitrogens with zero attached hydrogens (tertiary/aromatic N) is 4. The van der Waals surface area contributed by atoms with Crippen LogP contribution in [0.3, 0.4) is 0 Å². The second-order valence-corrected chi connectivity index (χ2v) is 6.89. The van der Waals surface area contributed by atoms with E-state index in [1.807, 2.05) is 21.8 Å². The number of aryl methyl sites for hydroxylation is 1. The molecule has 0 aromatic carbocycles. The highest BCUT2D eigenvalue weighted by Gasteiger charge is 2.43. The minimum Gasteiger partial charge on any atom is -0.391 e. The smallest absolute Gasteiger partial charge is 0.223 e. The molecule has 4 atom stereocenters. The Bertz CT molecular complexity index is 670. The highest BCUT2D eigenvalue weighted by atomic mass is 16.5. The fourth-order valence-corrected chi connectivity index (χ4v) is 4.13. The van der Waals surface area contributed by atoms with Crippen LogP contribution in [0.1, 0.15) is 31.1 Å². The zero-order chi connectivity index (χ0) is 16.5. The molecule has 0 spiro atoms. The van der Waals surface area contributed by atoms with Crippen molar-refractivity contribution in [3.05, 3.63) is 36.5 Å². The van der Waals surface area contributed by atoms with Crippen molar-refractivity contribution in [1.82, 2.24) is 19.8 Å². The summed E-state index contributed by atoms with van der Waals surface area (Å²) in [5.74, 6) is 1.73. The number of hydrogen-bond donors (Lipinski definition) is 1. The van der Waals surface area contributed by atoms with Gasteiger partial charge in [0.2, 0.25) is 5.91 Å². The monoisotopic (exact) mass is 330 g/mol. The molecule has 3 heterocycles. The third kappa shape index (κ3) is 2.96. The summed E-state index contributed by atoms with van der Waals surface area (Å²) in [6.45, 7) is 1.53. The lowest BCUT2D eigenvalue weighted by atomic mass is 9.77. The SMILES string of the molecule is O=C(CCc1ccno1)N1C[C@H]2C[C@@H](n3cccn3)[C@H](O)C[C@H]2C1. The number of rotatable bonds is 4. The van der Waals surface area contributed by atoms with Gasteiger partial charge in [0, 0.05) is 44.4 Å². The van der Waals surface area contributed by atoms with E-state index in [-0.39, 0.29) is 11.9 Å². The first-order valence-corrected chi connectivity index (χ1v) is 8.55. The lowest BCUT2D eigenvalue weighted by Crippen LogP contribution is -2.36. The fourth-order valence-electron chi connectivity index (χ4n) is 4.13. The maximum Gasteiger partial charge on any atom is 0.223 e. The molecule has 1 saturated carbocycles. The number of aliphatic hydroxyl groups is 1. The third-order valence-corrected chi connectivity index (χ3v) is 5.40. The second kappa shape index (κ2) is 6.39. The normalized spacial score (nSPS) is 29.6. The summed E-state index contributed by atoms with van der Waals surface area (Å²) in [5.41, 5.74) is 0. The van der Waals surface area contributed by atoms with Crippen LogP contribution in [0.5, 0.6) is 0 Å². The topological polar surface area (TPSA) is 84.4 Å². The molecule has 128 valence electrons. The summed E-state index contributed by atoms with van der Waals surface area (Å²) < 4.78 is 6.90. The summed E-state index contributed by atoms with van der Waals surface area (Å²) in [5, 5.41) is 18.4. The molecule has 1 N–H and O–H groups in total. The summed E-state index contributed by atoms with van der Waals surface area (Å²) >= 11 is 0. The predicted molar refractivity (Wildman–Crippen MR) is 84.9 cm³/mol. The Morgan fingerprint density at radius 3 is 2.83 bits per heavy atom. The molecule has 24 heavy (non-hydrogen) atoms. The van der Waals surface area contributed by atoms with Gasteiger partial charge in [-0.25, -0.2) is 0 Å². The van der Waals surface area contributed by atoms with Crippen LogP contribution in [0.4, 0.5) is 0 Å². The van der Waals surface area contributed by atoms with E-state index < -0.39 is 6.10 Å². The van der Waals surface area contributed by atoms with Crippen molar-refractivity contribution >= 4 is 5.91 Å². The van der Waals surface area contributed by atoms with Crippen LogP contribution in [0.25, 0.3) is 0 Å². The van der Waals surface area contributed by atoms with Crippen molar-refractivity contribution < 1.29 is 14.4 Å². The summed E-state index contributed by atoms with van der Waals surface area (Å²) in [6, 6.07) is 3.69. The largest absolute Gasteiger partial charge is 0.391 e. The molecular formula is C17H22N4O3. The standard InChI is InChI=1S/C17H22N4O3/c22-16-9-13-11-20(17(23)3-2-14-4-6-19-24-14)10-12(13)8-15(16)21-7-1-5-18-21/h1,4-7,12-13,15-16,22H,2-3,8-11H2/t12-,13+,15-,16-/m1/s1. The third-order valence-electron chi connectivity index (χ3n) is 5.40. The average Bonchev–Trinajstić information content (AvgIpc) is 3.31. The minimum absolute atomic E-state index is 0.0190. The molecule has 1 amide bonds. The van der Waals surface area contributed by atoms with Crippen molar-refractivity contribution in [2.24, 2.45) is 11.8 Å². The van der Waals surface area contributed by atoms with E-state index in [2.05, 4.69) is 10.3 Å². The van der Waals surface area contributed by atoms with Gasteiger partial charge < -0.3 is 14.5 Å². The van der Waals surface area contributed by atoms with Crippen molar-refractivity contribution in [1.29, 1.82) is 0 Å². The van der Waals surface area contributed by atoms with Gasteiger partial charge in [-0.1, -0.05) is 5.16 Å². The van der Waals surface area contributed by atoms with E-state index in [0.717, 1.165) is 31.7 Å². The van der Waals surface area contributed by atoms with Crippen LogP contribution in [-0.2, 0) is 11.2 Å². The Hall–Kier alpha value is -2.15. The van der Waals surface area contributed by atoms with Crippen molar-refractivity contribution in [3.8, 4) is 0 Å². The van der Waals surface area contributed by atoms with Crippen molar-refractivity contribution in [3.63, 3.8) is 0 Å². The maximum atomic E-state index is 12.5. The molecule has 1 aliphatic carbocycles. The molecule has 2 aromatic heterocycles. The van der Waals surface area contributed by atoms with Gasteiger partial charge in [0.1, 0.15) is 5.76 Å². The van der Waals surface area contributed by atoms with E-state index in [4.69, 9.17) is 4.52 Å². The van der Waals surface area contributed by atoms with Crippen LogP contribution in [-0.4, -0.2) is 50.0 Å². The van der Waals surface area contributed by atoms with Crippen molar-refractivity contribution in [2.75, 3.05) is 13.1 Å². The molecule has 0 unspecified atom stereocenters. The maximum absolute atomic E-state index is 12.5. The average molecular weight is 330 g/mol. The number of carbonyl (C=O) groups excluding carboxylic acids is 1. The summed E-state index contributed by atoms with van der Waals surface area (Å²) in [7, 11) is 0. The Labute approximate surface area is 140 Å². The van der Waals surface area contributed by atoms with Crippen LogP contribution >= 0.6 is 0 Å². The van der Waals surface area contributed by atoms with Crippen LogP contribution < -0.4 is 0 Å². The van der Waals surface area contributed by atoms with Gasteiger partial charge >= 0.3 is 0 Å². The molecule has 0 radical (unpaired) electrons. The highest BCUT2D eigenvalue weighted by molar-refractivity contribution is 5.76. The molecule has 4 rings (SSSR count). The molecule has 1 aliphatic heterocycles.